The van der Waals surface area contributed by atoms with Crippen molar-refractivity contribution >= 4 is 15.9 Å². The zero-order valence-corrected chi connectivity index (χ0v) is 12.9. The molecule has 0 radical (unpaired) electrons. The highest BCUT2D eigenvalue weighted by Crippen LogP contribution is 2.25. The Morgan fingerprint density at radius 2 is 2.00 bits per heavy atom. The van der Waals surface area contributed by atoms with Gasteiger partial charge in [-0.05, 0) is 48.6 Å². The van der Waals surface area contributed by atoms with Gasteiger partial charge in [0.2, 0.25) is 0 Å². The molecular weight excluding hydrogens is 314 g/mol. The summed E-state index contributed by atoms with van der Waals surface area (Å²) in [5.41, 5.74) is 3.86. The van der Waals surface area contributed by atoms with Gasteiger partial charge in [0.05, 0.1) is 0 Å². The maximum absolute atomic E-state index is 9.78. The van der Waals surface area contributed by atoms with Crippen LogP contribution in [0.2, 0.25) is 0 Å². The van der Waals surface area contributed by atoms with Crippen molar-refractivity contribution in [3.05, 3.63) is 63.6 Å². The fraction of sp³-hybridized carbons (Fsp3) is 0.294. The van der Waals surface area contributed by atoms with Crippen molar-refractivity contribution in [3.8, 4) is 5.75 Å². The van der Waals surface area contributed by atoms with Crippen molar-refractivity contribution in [2.45, 2.75) is 31.8 Å². The lowest BCUT2D eigenvalue weighted by atomic mass is 9.88. The number of aromatic hydroxyl groups is 1. The topological polar surface area (TPSA) is 32.3 Å². The van der Waals surface area contributed by atoms with Crippen LogP contribution < -0.4 is 5.32 Å². The maximum Gasteiger partial charge on any atom is 0.120 e. The molecule has 1 aliphatic carbocycles. The number of hydrogen-bond donors (Lipinski definition) is 2. The van der Waals surface area contributed by atoms with Gasteiger partial charge >= 0.3 is 0 Å². The van der Waals surface area contributed by atoms with Crippen molar-refractivity contribution in [1.29, 1.82) is 0 Å². The van der Waals surface area contributed by atoms with Gasteiger partial charge in [0, 0.05) is 22.6 Å². The first-order valence-corrected chi connectivity index (χ1v) is 7.79. The first-order chi connectivity index (χ1) is 9.72. The van der Waals surface area contributed by atoms with E-state index in [9.17, 15) is 5.11 Å². The summed E-state index contributed by atoms with van der Waals surface area (Å²) < 4.78 is 1.16. The summed E-state index contributed by atoms with van der Waals surface area (Å²) >= 11 is 3.53. The lowest BCUT2D eigenvalue weighted by molar-refractivity contribution is 0.437. The Morgan fingerprint density at radius 1 is 1.15 bits per heavy atom. The summed E-state index contributed by atoms with van der Waals surface area (Å²) in [6, 6.07) is 14.6. The van der Waals surface area contributed by atoms with Crippen LogP contribution in [0.1, 0.15) is 23.1 Å². The number of para-hydroxylation sites is 1. The van der Waals surface area contributed by atoms with E-state index in [0.29, 0.717) is 11.8 Å². The van der Waals surface area contributed by atoms with Gasteiger partial charge in [-0.15, -0.1) is 0 Å². The monoisotopic (exact) mass is 331 g/mol. The highest BCUT2D eigenvalue weighted by molar-refractivity contribution is 9.10. The minimum absolute atomic E-state index is 0.375. The highest BCUT2D eigenvalue weighted by Gasteiger charge is 2.18. The lowest BCUT2D eigenvalue weighted by Crippen LogP contribution is -2.34. The SMILES string of the molecule is Oc1ccccc1CNC1CCc2cc(Br)ccc2C1. The average Bonchev–Trinajstić information content (AvgIpc) is 2.46. The molecule has 0 spiro atoms. The molecule has 0 aromatic heterocycles. The van der Waals surface area contributed by atoms with Gasteiger partial charge in [0.15, 0.2) is 0 Å². The number of nitrogens with one attached hydrogen (secondary N) is 1. The van der Waals surface area contributed by atoms with Crippen LogP contribution in [0.5, 0.6) is 5.75 Å². The zero-order valence-electron chi connectivity index (χ0n) is 11.3. The molecule has 3 rings (SSSR count). The number of hydrogen-bond acceptors (Lipinski definition) is 2. The van der Waals surface area contributed by atoms with Crippen molar-refractivity contribution < 1.29 is 5.11 Å². The lowest BCUT2D eigenvalue weighted by Gasteiger charge is -2.26. The van der Waals surface area contributed by atoms with Gasteiger partial charge in [0.1, 0.15) is 5.75 Å². The molecule has 0 bridgehead atoms. The molecule has 1 atom stereocenters. The Morgan fingerprint density at radius 3 is 2.85 bits per heavy atom. The third kappa shape index (κ3) is 3.05. The quantitative estimate of drug-likeness (QED) is 0.896. The maximum atomic E-state index is 9.78. The van der Waals surface area contributed by atoms with E-state index in [1.807, 2.05) is 18.2 Å². The largest absolute Gasteiger partial charge is 0.508 e. The highest BCUT2D eigenvalue weighted by atomic mass is 79.9. The van der Waals surface area contributed by atoms with Crippen molar-refractivity contribution in [2.75, 3.05) is 0 Å². The molecule has 20 heavy (non-hydrogen) atoms. The van der Waals surface area contributed by atoms with Gasteiger partial charge in [-0.2, -0.15) is 0 Å². The first-order valence-electron chi connectivity index (χ1n) is 7.00. The Bertz CT molecular complexity index is 612. The van der Waals surface area contributed by atoms with Crippen LogP contribution >= 0.6 is 15.9 Å². The van der Waals surface area contributed by atoms with Crippen molar-refractivity contribution in [2.24, 2.45) is 0 Å². The third-order valence-corrected chi connectivity index (χ3v) is 4.46. The summed E-state index contributed by atoms with van der Waals surface area (Å²) in [5, 5.41) is 13.3. The fourth-order valence-corrected chi connectivity index (χ4v) is 3.22. The van der Waals surface area contributed by atoms with Gasteiger partial charge in [-0.25, -0.2) is 0 Å². The summed E-state index contributed by atoms with van der Waals surface area (Å²) in [4.78, 5) is 0. The Hall–Kier alpha value is -1.32. The second-order valence-corrected chi connectivity index (χ2v) is 6.28. The molecular formula is C17H18BrNO. The van der Waals surface area contributed by atoms with E-state index in [0.717, 1.165) is 35.8 Å². The standard InChI is InChI=1S/C17H18BrNO/c18-15-7-5-13-10-16(8-6-12(13)9-15)19-11-14-3-1-2-4-17(14)20/h1-5,7,9,16,19-20H,6,8,10-11H2. The Labute approximate surface area is 128 Å². The second kappa shape index (κ2) is 5.98. The smallest absolute Gasteiger partial charge is 0.120 e. The summed E-state index contributed by atoms with van der Waals surface area (Å²) in [6.07, 6.45) is 3.33. The van der Waals surface area contributed by atoms with Gasteiger partial charge in [0.25, 0.3) is 0 Å². The molecule has 0 amide bonds. The van der Waals surface area contributed by atoms with E-state index in [4.69, 9.17) is 0 Å². The number of benzene rings is 2. The van der Waals surface area contributed by atoms with E-state index in [-0.39, 0.29) is 0 Å². The molecule has 3 heteroatoms. The van der Waals surface area contributed by atoms with Crippen LogP contribution in [0, 0.1) is 0 Å². The van der Waals surface area contributed by atoms with Crippen LogP contribution in [-0.4, -0.2) is 11.1 Å². The van der Waals surface area contributed by atoms with E-state index >= 15 is 0 Å². The number of aryl methyl sites for hydroxylation is 1. The van der Waals surface area contributed by atoms with Crippen LogP contribution in [0.25, 0.3) is 0 Å². The normalized spacial score (nSPS) is 17.8. The van der Waals surface area contributed by atoms with Crippen LogP contribution in [0.4, 0.5) is 0 Å². The summed E-state index contributed by atoms with van der Waals surface area (Å²) in [6.45, 7) is 0.725. The molecule has 2 N–H and O–H groups in total. The summed E-state index contributed by atoms with van der Waals surface area (Å²) in [5.74, 6) is 0.375. The van der Waals surface area contributed by atoms with E-state index in [1.165, 1.54) is 11.1 Å². The van der Waals surface area contributed by atoms with Gasteiger partial charge < -0.3 is 10.4 Å². The molecule has 0 saturated carbocycles. The molecule has 104 valence electrons. The van der Waals surface area contributed by atoms with Crippen molar-refractivity contribution in [3.63, 3.8) is 0 Å². The van der Waals surface area contributed by atoms with Crippen molar-refractivity contribution in [1.82, 2.24) is 5.32 Å². The van der Waals surface area contributed by atoms with Gasteiger partial charge in [-0.3, -0.25) is 0 Å². The molecule has 1 unspecified atom stereocenters. The van der Waals surface area contributed by atoms with Crippen LogP contribution in [0.3, 0.4) is 0 Å². The molecule has 0 aliphatic heterocycles. The molecule has 0 heterocycles. The number of rotatable bonds is 3. The average molecular weight is 332 g/mol. The number of fused-ring (bicyclic) bond motifs is 1. The number of halogens is 1. The van der Waals surface area contributed by atoms with E-state index in [1.54, 1.807) is 6.07 Å². The second-order valence-electron chi connectivity index (χ2n) is 5.36. The molecule has 2 aromatic carbocycles. The van der Waals surface area contributed by atoms with E-state index in [2.05, 4.69) is 39.4 Å². The third-order valence-electron chi connectivity index (χ3n) is 3.97. The minimum Gasteiger partial charge on any atom is -0.508 e. The fourth-order valence-electron chi connectivity index (χ4n) is 2.81. The number of phenolic OH excluding ortho intramolecular Hbond substituents is 1. The van der Waals surface area contributed by atoms with Crippen LogP contribution in [-0.2, 0) is 19.4 Å². The molecule has 0 saturated heterocycles. The predicted molar refractivity (Wildman–Crippen MR) is 84.9 cm³/mol. The van der Waals surface area contributed by atoms with Gasteiger partial charge in [-0.1, -0.05) is 40.2 Å². The zero-order chi connectivity index (χ0) is 13.9. The van der Waals surface area contributed by atoms with Crippen LogP contribution in [0.15, 0.2) is 46.9 Å². The molecule has 2 nitrogen and oxygen atoms in total. The molecule has 1 aliphatic rings. The Balaban J connectivity index is 1.63. The Kier molecular flexibility index (Phi) is 4.08. The first kappa shape index (κ1) is 13.7. The molecule has 2 aromatic rings. The van der Waals surface area contributed by atoms with E-state index < -0.39 is 0 Å². The molecule has 0 fully saturated rings. The minimum atomic E-state index is 0.375. The predicted octanol–water partition coefficient (Wildman–Crippen LogP) is 3.80. The number of phenols is 1. The summed E-state index contributed by atoms with van der Waals surface area (Å²) in [7, 11) is 0.